The number of aromatic nitrogens is 3. The van der Waals surface area contributed by atoms with Gasteiger partial charge in [-0.2, -0.15) is 0 Å². The highest BCUT2D eigenvalue weighted by Crippen LogP contribution is 2.17. The van der Waals surface area contributed by atoms with Crippen molar-refractivity contribution in [1.82, 2.24) is 20.1 Å². The Balaban J connectivity index is 1.70. The Kier molecular flexibility index (Phi) is 3.14. The molecule has 1 saturated carbocycles. The molecule has 0 atom stereocenters. The van der Waals surface area contributed by atoms with Crippen LogP contribution < -0.4 is 5.32 Å². The molecule has 1 aromatic heterocycles. The van der Waals surface area contributed by atoms with Crippen molar-refractivity contribution in [3.63, 3.8) is 0 Å². The zero-order valence-corrected chi connectivity index (χ0v) is 8.74. The van der Waals surface area contributed by atoms with Gasteiger partial charge in [-0.25, -0.2) is 0 Å². The van der Waals surface area contributed by atoms with Gasteiger partial charge in [-0.05, 0) is 12.8 Å². The average molecular weight is 194 g/mol. The van der Waals surface area contributed by atoms with Gasteiger partial charge in [0.25, 0.3) is 0 Å². The first kappa shape index (κ1) is 9.65. The van der Waals surface area contributed by atoms with Gasteiger partial charge in [-0.1, -0.05) is 12.8 Å². The second-order valence-electron chi connectivity index (χ2n) is 4.04. The van der Waals surface area contributed by atoms with Crippen molar-refractivity contribution in [3.05, 3.63) is 12.2 Å². The molecule has 1 heterocycles. The zero-order chi connectivity index (χ0) is 9.80. The summed E-state index contributed by atoms with van der Waals surface area (Å²) in [6, 6.07) is 0.753. The van der Waals surface area contributed by atoms with Gasteiger partial charge in [0.1, 0.15) is 12.2 Å². The van der Waals surface area contributed by atoms with Crippen LogP contribution in [0.15, 0.2) is 6.33 Å². The number of rotatable bonds is 4. The van der Waals surface area contributed by atoms with Crippen LogP contribution >= 0.6 is 0 Å². The van der Waals surface area contributed by atoms with E-state index in [4.69, 9.17) is 0 Å². The normalized spacial score (nSPS) is 17.8. The quantitative estimate of drug-likeness (QED) is 0.774. The van der Waals surface area contributed by atoms with Crippen LogP contribution in [0.5, 0.6) is 0 Å². The fourth-order valence-electron chi connectivity index (χ4n) is 2.05. The number of aryl methyl sites for hydroxylation is 1. The van der Waals surface area contributed by atoms with E-state index in [1.165, 1.54) is 25.7 Å². The van der Waals surface area contributed by atoms with E-state index in [0.717, 1.165) is 24.8 Å². The maximum atomic E-state index is 4.05. The molecule has 1 fully saturated rings. The number of nitrogens with one attached hydrogen (secondary N) is 1. The molecule has 0 amide bonds. The first-order valence-electron chi connectivity index (χ1n) is 5.42. The smallest absolute Gasteiger partial charge is 0.133 e. The van der Waals surface area contributed by atoms with Crippen LogP contribution in [-0.4, -0.2) is 27.4 Å². The van der Waals surface area contributed by atoms with Crippen LogP contribution in [0.3, 0.4) is 0 Å². The lowest BCUT2D eigenvalue weighted by molar-refractivity contribution is 0.520. The van der Waals surface area contributed by atoms with E-state index in [2.05, 4.69) is 15.5 Å². The van der Waals surface area contributed by atoms with E-state index in [1.807, 2.05) is 11.6 Å². The van der Waals surface area contributed by atoms with Crippen molar-refractivity contribution in [2.45, 2.75) is 38.1 Å². The molecule has 0 radical (unpaired) electrons. The Morgan fingerprint density at radius 1 is 1.50 bits per heavy atom. The first-order chi connectivity index (χ1) is 6.86. The minimum absolute atomic E-state index is 0.753. The fourth-order valence-corrected chi connectivity index (χ4v) is 2.05. The van der Waals surface area contributed by atoms with Crippen LogP contribution in [0.2, 0.25) is 0 Å². The maximum absolute atomic E-state index is 4.05. The minimum atomic E-state index is 0.753. The van der Waals surface area contributed by atoms with E-state index in [0.29, 0.717) is 0 Å². The van der Waals surface area contributed by atoms with Crippen molar-refractivity contribution in [2.75, 3.05) is 6.54 Å². The van der Waals surface area contributed by atoms with E-state index in [9.17, 15) is 0 Å². The molecule has 0 unspecified atom stereocenters. The monoisotopic (exact) mass is 194 g/mol. The van der Waals surface area contributed by atoms with Crippen molar-refractivity contribution in [1.29, 1.82) is 0 Å². The standard InChI is InChI=1S/C10H18N4/c1-14-8-12-13-10(14)6-7-11-9-4-2-3-5-9/h8-9,11H,2-7H2,1H3. The summed E-state index contributed by atoms with van der Waals surface area (Å²) in [5.74, 6) is 1.07. The van der Waals surface area contributed by atoms with Gasteiger partial charge in [0, 0.05) is 26.1 Å². The topological polar surface area (TPSA) is 42.7 Å². The van der Waals surface area contributed by atoms with Gasteiger partial charge in [-0.3, -0.25) is 0 Å². The van der Waals surface area contributed by atoms with Crippen molar-refractivity contribution < 1.29 is 0 Å². The first-order valence-corrected chi connectivity index (χ1v) is 5.42. The van der Waals surface area contributed by atoms with E-state index in [-0.39, 0.29) is 0 Å². The Morgan fingerprint density at radius 2 is 2.29 bits per heavy atom. The van der Waals surface area contributed by atoms with Gasteiger partial charge in [0.2, 0.25) is 0 Å². The molecule has 1 aliphatic rings. The lowest BCUT2D eigenvalue weighted by atomic mass is 10.2. The van der Waals surface area contributed by atoms with Crippen molar-refractivity contribution in [2.24, 2.45) is 7.05 Å². The summed E-state index contributed by atoms with van der Waals surface area (Å²) in [7, 11) is 1.99. The summed E-state index contributed by atoms with van der Waals surface area (Å²) in [6.45, 7) is 1.02. The Morgan fingerprint density at radius 3 is 2.93 bits per heavy atom. The van der Waals surface area contributed by atoms with E-state index >= 15 is 0 Å². The second-order valence-corrected chi connectivity index (χ2v) is 4.04. The summed E-state index contributed by atoms with van der Waals surface area (Å²) >= 11 is 0. The van der Waals surface area contributed by atoms with Crippen molar-refractivity contribution >= 4 is 0 Å². The lowest BCUT2D eigenvalue weighted by Gasteiger charge is -2.10. The summed E-state index contributed by atoms with van der Waals surface area (Å²) in [5.41, 5.74) is 0. The highest BCUT2D eigenvalue weighted by Gasteiger charge is 2.13. The molecule has 4 nitrogen and oxygen atoms in total. The minimum Gasteiger partial charge on any atom is -0.321 e. The Bertz CT molecular complexity index is 275. The number of hydrogen-bond acceptors (Lipinski definition) is 3. The molecular formula is C10H18N4. The number of hydrogen-bond donors (Lipinski definition) is 1. The summed E-state index contributed by atoms with van der Waals surface area (Å²) in [4.78, 5) is 0. The lowest BCUT2D eigenvalue weighted by Crippen LogP contribution is -2.28. The van der Waals surface area contributed by atoms with Gasteiger partial charge < -0.3 is 9.88 Å². The molecule has 0 bridgehead atoms. The van der Waals surface area contributed by atoms with Crippen LogP contribution in [0.25, 0.3) is 0 Å². The SMILES string of the molecule is Cn1cnnc1CCNC1CCCC1. The molecule has 78 valence electrons. The highest BCUT2D eigenvalue weighted by atomic mass is 15.2. The second kappa shape index (κ2) is 4.55. The molecule has 1 aliphatic carbocycles. The van der Waals surface area contributed by atoms with Crippen LogP contribution in [0.1, 0.15) is 31.5 Å². The molecule has 0 spiro atoms. The third kappa shape index (κ3) is 2.32. The Hall–Kier alpha value is -0.900. The van der Waals surface area contributed by atoms with Crippen LogP contribution in [-0.2, 0) is 13.5 Å². The van der Waals surface area contributed by atoms with Gasteiger partial charge in [-0.15, -0.1) is 10.2 Å². The zero-order valence-electron chi connectivity index (χ0n) is 8.74. The summed E-state index contributed by atoms with van der Waals surface area (Å²) in [6.07, 6.45) is 8.21. The third-order valence-electron chi connectivity index (χ3n) is 2.94. The number of nitrogens with zero attached hydrogens (tertiary/aromatic N) is 3. The molecule has 0 saturated heterocycles. The summed E-state index contributed by atoms with van der Waals surface area (Å²) < 4.78 is 1.98. The molecule has 1 aromatic rings. The fraction of sp³-hybridized carbons (Fsp3) is 0.800. The van der Waals surface area contributed by atoms with Crippen molar-refractivity contribution in [3.8, 4) is 0 Å². The molecule has 1 N–H and O–H groups in total. The highest BCUT2D eigenvalue weighted by molar-refractivity contribution is 4.85. The van der Waals surface area contributed by atoms with Gasteiger partial charge >= 0.3 is 0 Å². The van der Waals surface area contributed by atoms with Gasteiger partial charge in [0.05, 0.1) is 0 Å². The average Bonchev–Trinajstić information content (AvgIpc) is 2.78. The molecule has 0 aromatic carbocycles. The molecule has 0 aliphatic heterocycles. The van der Waals surface area contributed by atoms with E-state index in [1.54, 1.807) is 6.33 Å². The van der Waals surface area contributed by atoms with Crippen LogP contribution in [0, 0.1) is 0 Å². The maximum Gasteiger partial charge on any atom is 0.133 e. The Labute approximate surface area is 84.7 Å². The van der Waals surface area contributed by atoms with Crippen LogP contribution in [0.4, 0.5) is 0 Å². The largest absolute Gasteiger partial charge is 0.321 e. The molecule has 14 heavy (non-hydrogen) atoms. The van der Waals surface area contributed by atoms with E-state index < -0.39 is 0 Å². The van der Waals surface area contributed by atoms with Gasteiger partial charge in [0.15, 0.2) is 0 Å². The predicted molar refractivity (Wildman–Crippen MR) is 55.0 cm³/mol. The molecule has 2 rings (SSSR count). The third-order valence-corrected chi connectivity index (χ3v) is 2.94. The predicted octanol–water partition coefficient (Wildman–Crippen LogP) is 0.890. The molecule has 4 heteroatoms. The summed E-state index contributed by atoms with van der Waals surface area (Å²) in [5, 5.41) is 11.5. The molecular weight excluding hydrogens is 176 g/mol.